The molecule has 0 saturated carbocycles. The molecule has 2 nitrogen and oxygen atoms in total. The van der Waals surface area contributed by atoms with Crippen LogP contribution >= 0.6 is 0 Å². The minimum atomic E-state index is -0.298. The van der Waals surface area contributed by atoms with Crippen LogP contribution in [0.3, 0.4) is 0 Å². The standard InChI is InChI=1S/C16H13FO2/c1-11-4-2-3-5-15(11)18-9-12-10-19-16-8-13(17)6-7-14(12)16/h2-8,10H,9H2,1H3. The number of para-hydroxylation sites is 1. The van der Waals surface area contributed by atoms with Crippen molar-refractivity contribution in [3.8, 4) is 5.75 Å². The second kappa shape index (κ2) is 4.76. The van der Waals surface area contributed by atoms with Crippen LogP contribution < -0.4 is 4.74 Å². The summed E-state index contributed by atoms with van der Waals surface area (Å²) in [7, 11) is 0. The monoisotopic (exact) mass is 256 g/mol. The predicted molar refractivity (Wildman–Crippen MR) is 71.7 cm³/mol. The highest BCUT2D eigenvalue weighted by Gasteiger charge is 2.08. The zero-order chi connectivity index (χ0) is 13.2. The lowest BCUT2D eigenvalue weighted by Crippen LogP contribution is -1.95. The zero-order valence-electron chi connectivity index (χ0n) is 10.5. The van der Waals surface area contributed by atoms with Gasteiger partial charge in [0.15, 0.2) is 0 Å². The van der Waals surface area contributed by atoms with Crippen molar-refractivity contribution in [2.45, 2.75) is 13.5 Å². The Morgan fingerprint density at radius 1 is 1.16 bits per heavy atom. The molecule has 0 saturated heterocycles. The number of aryl methyl sites for hydroxylation is 1. The number of rotatable bonds is 3. The maximum absolute atomic E-state index is 13.1. The molecule has 96 valence electrons. The molecule has 3 heteroatoms. The Hall–Kier alpha value is -2.29. The largest absolute Gasteiger partial charge is 0.488 e. The molecular weight excluding hydrogens is 243 g/mol. The molecule has 0 N–H and O–H groups in total. The fourth-order valence-electron chi connectivity index (χ4n) is 2.04. The van der Waals surface area contributed by atoms with Crippen LogP contribution in [0.25, 0.3) is 11.0 Å². The molecule has 0 atom stereocenters. The van der Waals surface area contributed by atoms with Gasteiger partial charge in [0.1, 0.15) is 23.8 Å². The first-order chi connectivity index (χ1) is 9.24. The summed E-state index contributed by atoms with van der Waals surface area (Å²) in [6.45, 7) is 2.40. The Morgan fingerprint density at radius 2 is 2.00 bits per heavy atom. The highest BCUT2D eigenvalue weighted by atomic mass is 19.1. The second-order valence-corrected chi connectivity index (χ2v) is 4.46. The molecule has 0 aliphatic carbocycles. The summed E-state index contributed by atoms with van der Waals surface area (Å²) in [5.74, 6) is 0.548. The van der Waals surface area contributed by atoms with Crippen LogP contribution in [0.2, 0.25) is 0 Å². The summed E-state index contributed by atoms with van der Waals surface area (Å²) >= 11 is 0. The number of hydrogen-bond acceptors (Lipinski definition) is 2. The van der Waals surface area contributed by atoms with Gasteiger partial charge in [-0.25, -0.2) is 4.39 Å². The lowest BCUT2D eigenvalue weighted by molar-refractivity contribution is 0.304. The number of furan rings is 1. The van der Waals surface area contributed by atoms with Crippen molar-refractivity contribution in [2.75, 3.05) is 0 Å². The molecule has 0 bridgehead atoms. The van der Waals surface area contributed by atoms with E-state index in [0.717, 1.165) is 22.3 Å². The van der Waals surface area contributed by atoms with Gasteiger partial charge >= 0.3 is 0 Å². The van der Waals surface area contributed by atoms with Crippen molar-refractivity contribution in [3.63, 3.8) is 0 Å². The number of fused-ring (bicyclic) bond motifs is 1. The Balaban J connectivity index is 1.84. The van der Waals surface area contributed by atoms with Gasteiger partial charge in [0, 0.05) is 17.0 Å². The Labute approximate surface area is 110 Å². The van der Waals surface area contributed by atoms with Gasteiger partial charge in [-0.05, 0) is 30.7 Å². The number of ether oxygens (including phenoxy) is 1. The van der Waals surface area contributed by atoms with Gasteiger partial charge in [-0.2, -0.15) is 0 Å². The number of halogens is 1. The topological polar surface area (TPSA) is 22.4 Å². The van der Waals surface area contributed by atoms with E-state index in [9.17, 15) is 4.39 Å². The normalized spacial score (nSPS) is 10.8. The molecule has 1 aromatic heterocycles. The molecule has 0 unspecified atom stereocenters. The minimum absolute atomic E-state index is 0.298. The van der Waals surface area contributed by atoms with Gasteiger partial charge in [-0.1, -0.05) is 18.2 Å². The van der Waals surface area contributed by atoms with Gasteiger partial charge < -0.3 is 9.15 Å². The van der Waals surface area contributed by atoms with Crippen molar-refractivity contribution in [2.24, 2.45) is 0 Å². The number of hydrogen-bond donors (Lipinski definition) is 0. The van der Waals surface area contributed by atoms with E-state index in [1.54, 1.807) is 12.3 Å². The van der Waals surface area contributed by atoms with Gasteiger partial charge in [0.05, 0.1) is 6.26 Å². The lowest BCUT2D eigenvalue weighted by Gasteiger charge is -2.07. The molecule has 2 aromatic carbocycles. The number of benzene rings is 2. The van der Waals surface area contributed by atoms with E-state index in [4.69, 9.17) is 9.15 Å². The Morgan fingerprint density at radius 3 is 2.84 bits per heavy atom. The van der Waals surface area contributed by atoms with Crippen LogP contribution in [-0.2, 0) is 6.61 Å². The Bertz CT molecular complexity index is 716. The first-order valence-electron chi connectivity index (χ1n) is 6.08. The summed E-state index contributed by atoms with van der Waals surface area (Å²) in [4.78, 5) is 0. The third-order valence-electron chi connectivity index (χ3n) is 3.09. The second-order valence-electron chi connectivity index (χ2n) is 4.46. The Kier molecular flexibility index (Phi) is 2.95. The molecule has 0 amide bonds. The van der Waals surface area contributed by atoms with E-state index >= 15 is 0 Å². The van der Waals surface area contributed by atoms with Gasteiger partial charge in [0.25, 0.3) is 0 Å². The first kappa shape index (κ1) is 11.8. The fraction of sp³-hybridized carbons (Fsp3) is 0.125. The van der Waals surface area contributed by atoms with Gasteiger partial charge in [-0.3, -0.25) is 0 Å². The van der Waals surface area contributed by atoms with Gasteiger partial charge in [0.2, 0.25) is 0 Å². The van der Waals surface area contributed by atoms with Crippen LogP contribution in [0.5, 0.6) is 5.75 Å². The summed E-state index contributed by atoms with van der Waals surface area (Å²) in [5, 5.41) is 0.884. The summed E-state index contributed by atoms with van der Waals surface area (Å²) in [6, 6.07) is 12.4. The quantitative estimate of drug-likeness (QED) is 0.690. The zero-order valence-corrected chi connectivity index (χ0v) is 10.5. The molecule has 0 aliphatic heterocycles. The average Bonchev–Trinajstić information content (AvgIpc) is 2.80. The molecule has 0 fully saturated rings. The summed E-state index contributed by atoms with van der Waals surface area (Å²) in [6.07, 6.45) is 1.61. The average molecular weight is 256 g/mol. The SMILES string of the molecule is Cc1ccccc1OCc1coc2cc(F)ccc12. The smallest absolute Gasteiger partial charge is 0.137 e. The molecule has 3 rings (SSSR count). The fourth-order valence-corrected chi connectivity index (χ4v) is 2.04. The maximum atomic E-state index is 13.1. The van der Waals surface area contributed by atoms with Crippen molar-refractivity contribution in [1.29, 1.82) is 0 Å². The first-order valence-corrected chi connectivity index (χ1v) is 6.08. The van der Waals surface area contributed by atoms with Crippen molar-refractivity contribution < 1.29 is 13.5 Å². The molecule has 0 spiro atoms. The van der Waals surface area contributed by atoms with E-state index in [1.165, 1.54) is 12.1 Å². The summed E-state index contributed by atoms with van der Waals surface area (Å²) < 4.78 is 24.2. The van der Waals surface area contributed by atoms with E-state index in [-0.39, 0.29) is 5.82 Å². The highest BCUT2D eigenvalue weighted by molar-refractivity contribution is 5.80. The van der Waals surface area contributed by atoms with Crippen LogP contribution in [-0.4, -0.2) is 0 Å². The van der Waals surface area contributed by atoms with Crippen LogP contribution in [0.1, 0.15) is 11.1 Å². The van der Waals surface area contributed by atoms with E-state index in [1.807, 2.05) is 31.2 Å². The van der Waals surface area contributed by atoms with Crippen LogP contribution in [0.4, 0.5) is 4.39 Å². The van der Waals surface area contributed by atoms with Crippen LogP contribution in [0.15, 0.2) is 53.1 Å². The van der Waals surface area contributed by atoms with Crippen molar-refractivity contribution in [3.05, 3.63) is 65.7 Å². The van der Waals surface area contributed by atoms with Crippen LogP contribution in [0, 0.1) is 12.7 Å². The third kappa shape index (κ3) is 2.32. The maximum Gasteiger partial charge on any atom is 0.137 e. The predicted octanol–water partition coefficient (Wildman–Crippen LogP) is 4.46. The molecular formula is C16H13FO2. The molecule has 3 aromatic rings. The van der Waals surface area contributed by atoms with E-state index in [2.05, 4.69) is 0 Å². The van der Waals surface area contributed by atoms with E-state index < -0.39 is 0 Å². The highest BCUT2D eigenvalue weighted by Crippen LogP contribution is 2.24. The van der Waals surface area contributed by atoms with Crippen molar-refractivity contribution >= 4 is 11.0 Å². The summed E-state index contributed by atoms with van der Waals surface area (Å²) in [5.41, 5.74) is 2.54. The molecule has 0 radical (unpaired) electrons. The molecule has 1 heterocycles. The molecule has 19 heavy (non-hydrogen) atoms. The third-order valence-corrected chi connectivity index (χ3v) is 3.09. The van der Waals surface area contributed by atoms with Crippen molar-refractivity contribution in [1.82, 2.24) is 0 Å². The lowest BCUT2D eigenvalue weighted by atomic mass is 10.2. The minimum Gasteiger partial charge on any atom is -0.488 e. The van der Waals surface area contributed by atoms with Gasteiger partial charge in [-0.15, -0.1) is 0 Å². The molecule has 0 aliphatic rings. The van der Waals surface area contributed by atoms with E-state index in [0.29, 0.717) is 12.2 Å².